The molecule has 0 fully saturated rings. The molecular weight excluding hydrogens is 639 g/mol. The number of carbonyl (C=O) groups is 2. The maximum absolute atomic E-state index is 12.9. The van der Waals surface area contributed by atoms with E-state index in [1.165, 1.54) is 11.3 Å². The van der Waals surface area contributed by atoms with Gasteiger partial charge in [0, 0.05) is 46.1 Å². The zero-order valence-electron chi connectivity index (χ0n) is 24.2. The highest BCUT2D eigenvalue weighted by atomic mass is 35.5. The molecule has 1 heterocycles. The molecule has 0 bridgehead atoms. The van der Waals surface area contributed by atoms with Crippen LogP contribution < -0.4 is 15.4 Å². The van der Waals surface area contributed by atoms with Gasteiger partial charge in [0.15, 0.2) is 5.13 Å². The van der Waals surface area contributed by atoms with E-state index in [9.17, 15) is 23.9 Å². The monoisotopic (exact) mass is 672 g/mol. The molecule has 2 amide bonds. The number of carbonyl (C=O) groups excluding carboxylic acids is 2. The number of amides is 2. The van der Waals surface area contributed by atoms with Crippen LogP contribution in [0.1, 0.15) is 49.1 Å². The Labute approximate surface area is 270 Å². The number of thiazole rings is 1. The Kier molecular flexibility index (Phi) is 11.8. The molecule has 0 aliphatic heterocycles. The summed E-state index contributed by atoms with van der Waals surface area (Å²) in [5, 5.41) is 5.12. The lowest BCUT2D eigenvalue weighted by Gasteiger charge is -2.33. The number of aromatic nitrogens is 1. The zero-order valence-corrected chi connectivity index (χ0v) is 27.5. The Hall–Kier alpha value is -3.02. The zero-order chi connectivity index (χ0) is 31.7. The van der Waals surface area contributed by atoms with Crippen molar-refractivity contribution in [2.75, 3.05) is 10.6 Å². The Balaban J connectivity index is 1.41. The summed E-state index contributed by atoms with van der Waals surface area (Å²) in [6.45, 7) is 4.04. The fourth-order valence-electron chi connectivity index (χ4n) is 4.85. The molecule has 0 saturated heterocycles. The van der Waals surface area contributed by atoms with Crippen molar-refractivity contribution in [2.24, 2.45) is 0 Å². The molecule has 232 valence electrons. The van der Waals surface area contributed by atoms with E-state index in [1.807, 2.05) is 42.5 Å². The van der Waals surface area contributed by atoms with E-state index in [0.29, 0.717) is 40.1 Å². The van der Waals surface area contributed by atoms with Crippen molar-refractivity contribution in [3.63, 3.8) is 0 Å². The third kappa shape index (κ3) is 8.57. The van der Waals surface area contributed by atoms with Gasteiger partial charge in [0.05, 0.1) is 10.9 Å². The van der Waals surface area contributed by atoms with E-state index in [1.54, 1.807) is 50.2 Å². The molecule has 0 saturated carbocycles. The largest absolute Gasteiger partial charge is 0.335 e. The molecule has 1 aromatic heterocycles. The van der Waals surface area contributed by atoms with Crippen molar-refractivity contribution in [3.8, 4) is 11.3 Å². The van der Waals surface area contributed by atoms with Gasteiger partial charge in [-0.2, -0.15) is 0 Å². The standard InChI is InChI=1S/C31H34ClN4O5PS2/c1-3-31(4-2,42(39,40)41)23-12-16-25(17-13-23)34-27(37)19-18-26-28(22-10-14-24(32)15-11-22)35-29(43-26)36-30(38)44-33-20-21-8-6-5-7-9-21/h5-17,33H,3-4,18-20H2,1-2H3,(H,34,37)(H,35,36,38)(H2,39,40,41). The molecule has 4 rings (SSSR count). The molecule has 4 aromatic rings. The van der Waals surface area contributed by atoms with Crippen LogP contribution in [0.3, 0.4) is 0 Å². The predicted molar refractivity (Wildman–Crippen MR) is 180 cm³/mol. The van der Waals surface area contributed by atoms with Crippen LogP contribution >= 0.6 is 42.5 Å². The van der Waals surface area contributed by atoms with Gasteiger partial charge in [-0.15, -0.1) is 11.3 Å². The average Bonchev–Trinajstić information content (AvgIpc) is 3.40. The molecule has 0 radical (unpaired) electrons. The van der Waals surface area contributed by atoms with Crippen molar-refractivity contribution >= 4 is 64.4 Å². The molecule has 0 unspecified atom stereocenters. The van der Waals surface area contributed by atoms with Gasteiger partial charge in [0.25, 0.3) is 5.24 Å². The molecule has 0 atom stereocenters. The highest BCUT2D eigenvalue weighted by molar-refractivity contribution is 8.12. The summed E-state index contributed by atoms with van der Waals surface area (Å²) in [7, 11) is -4.41. The maximum atomic E-state index is 12.9. The van der Waals surface area contributed by atoms with Gasteiger partial charge in [-0.05, 0) is 54.7 Å². The normalized spacial score (nSPS) is 11.8. The van der Waals surface area contributed by atoms with E-state index in [2.05, 4.69) is 20.3 Å². The number of benzene rings is 3. The van der Waals surface area contributed by atoms with E-state index in [4.69, 9.17) is 11.6 Å². The molecule has 44 heavy (non-hydrogen) atoms. The molecule has 9 nitrogen and oxygen atoms in total. The Morgan fingerprint density at radius 1 is 0.955 bits per heavy atom. The van der Waals surface area contributed by atoms with Crippen LogP contribution in [-0.2, 0) is 27.5 Å². The van der Waals surface area contributed by atoms with Gasteiger partial charge in [0.2, 0.25) is 5.91 Å². The number of rotatable bonds is 13. The Morgan fingerprint density at radius 2 is 1.61 bits per heavy atom. The topological polar surface area (TPSA) is 141 Å². The fourth-order valence-corrected chi connectivity index (χ4v) is 7.85. The number of halogens is 1. The van der Waals surface area contributed by atoms with Crippen LogP contribution in [0.5, 0.6) is 0 Å². The fraction of sp³-hybridized carbons (Fsp3) is 0.258. The number of nitrogens with one attached hydrogen (secondary N) is 3. The Bertz CT molecular complexity index is 1610. The summed E-state index contributed by atoms with van der Waals surface area (Å²) < 4.78 is 15.3. The third-order valence-corrected chi connectivity index (χ3v) is 11.2. The highest BCUT2D eigenvalue weighted by Gasteiger charge is 2.45. The van der Waals surface area contributed by atoms with E-state index >= 15 is 0 Å². The van der Waals surface area contributed by atoms with Gasteiger partial charge in [-0.3, -0.25) is 24.2 Å². The molecule has 5 N–H and O–H groups in total. The molecule has 3 aromatic carbocycles. The molecule has 0 spiro atoms. The number of aryl methyl sites for hydroxylation is 1. The first-order valence-corrected chi connectivity index (χ1v) is 17.6. The van der Waals surface area contributed by atoms with Gasteiger partial charge in [-0.25, -0.2) is 4.98 Å². The van der Waals surface area contributed by atoms with Crippen LogP contribution in [0, 0.1) is 0 Å². The summed E-state index contributed by atoms with van der Waals surface area (Å²) in [6, 6.07) is 23.6. The van der Waals surface area contributed by atoms with Crippen LogP contribution in [-0.4, -0.2) is 25.9 Å². The second-order valence-corrected chi connectivity index (χ2v) is 14.4. The van der Waals surface area contributed by atoms with E-state index in [0.717, 1.165) is 28.0 Å². The van der Waals surface area contributed by atoms with Crippen molar-refractivity contribution in [1.82, 2.24) is 9.71 Å². The summed E-state index contributed by atoms with van der Waals surface area (Å²) in [5.74, 6) is -0.230. The van der Waals surface area contributed by atoms with Gasteiger partial charge < -0.3 is 15.1 Å². The van der Waals surface area contributed by atoms with Gasteiger partial charge >= 0.3 is 7.60 Å². The summed E-state index contributed by atoms with van der Waals surface area (Å²) in [6.07, 6.45) is 1.11. The quantitative estimate of drug-likeness (QED) is 0.0707. The average molecular weight is 673 g/mol. The smallest absolute Gasteiger partial charge is 0.326 e. The number of hydrogen-bond donors (Lipinski definition) is 5. The number of hydrogen-bond acceptors (Lipinski definition) is 7. The third-order valence-electron chi connectivity index (χ3n) is 7.32. The lowest BCUT2D eigenvalue weighted by atomic mass is 9.92. The first-order valence-electron chi connectivity index (χ1n) is 14.0. The van der Waals surface area contributed by atoms with Crippen molar-refractivity contribution in [1.29, 1.82) is 0 Å². The summed E-state index contributed by atoms with van der Waals surface area (Å²) in [4.78, 5) is 51.0. The van der Waals surface area contributed by atoms with Crippen LogP contribution in [0.4, 0.5) is 15.6 Å². The molecule has 0 aliphatic rings. The number of anilines is 2. The first-order chi connectivity index (χ1) is 21.0. The molecular formula is C31H34ClN4O5PS2. The minimum Gasteiger partial charge on any atom is -0.326 e. The van der Waals surface area contributed by atoms with Crippen LogP contribution in [0.2, 0.25) is 5.02 Å². The maximum Gasteiger partial charge on any atom is 0.335 e. The minimum absolute atomic E-state index is 0.154. The number of nitrogens with zero attached hydrogens (tertiary/aromatic N) is 1. The van der Waals surface area contributed by atoms with Crippen molar-refractivity contribution < 1.29 is 23.9 Å². The second kappa shape index (κ2) is 15.3. The van der Waals surface area contributed by atoms with Crippen molar-refractivity contribution in [3.05, 3.63) is 99.9 Å². The Morgan fingerprint density at radius 3 is 2.23 bits per heavy atom. The molecule has 0 aliphatic carbocycles. The van der Waals surface area contributed by atoms with E-state index in [-0.39, 0.29) is 30.4 Å². The van der Waals surface area contributed by atoms with Crippen LogP contribution in [0.25, 0.3) is 11.3 Å². The first kappa shape index (κ1) is 33.9. The lowest BCUT2D eigenvalue weighted by Crippen LogP contribution is -2.24. The SMILES string of the molecule is CCC(CC)(c1ccc(NC(=O)CCc2sc(NC(=O)SNCc3ccccc3)nc2-c2ccc(Cl)cc2)cc1)P(=O)(O)O. The van der Waals surface area contributed by atoms with Crippen LogP contribution in [0.15, 0.2) is 78.9 Å². The van der Waals surface area contributed by atoms with Crippen molar-refractivity contribution in [2.45, 2.75) is 51.2 Å². The molecule has 13 heteroatoms. The highest BCUT2D eigenvalue weighted by Crippen LogP contribution is 2.60. The predicted octanol–water partition coefficient (Wildman–Crippen LogP) is 8.20. The van der Waals surface area contributed by atoms with Gasteiger partial charge in [0.1, 0.15) is 0 Å². The van der Waals surface area contributed by atoms with E-state index < -0.39 is 12.8 Å². The summed E-state index contributed by atoms with van der Waals surface area (Å²) in [5.41, 5.74) is 3.59. The van der Waals surface area contributed by atoms with Gasteiger partial charge in [-0.1, -0.05) is 80.0 Å². The lowest BCUT2D eigenvalue weighted by molar-refractivity contribution is -0.116. The summed E-state index contributed by atoms with van der Waals surface area (Å²) >= 11 is 8.34. The second-order valence-electron chi connectivity index (χ2n) is 10.0. The minimum atomic E-state index is -4.41.